The number of fused-ring (bicyclic) bond motifs is 1. The topological polar surface area (TPSA) is 58.9 Å². The van der Waals surface area contributed by atoms with Crippen LogP contribution < -0.4 is 5.73 Å². The zero-order chi connectivity index (χ0) is 12.6. The first kappa shape index (κ1) is 12.0. The maximum Gasteiger partial charge on any atom is 0.248 e. The van der Waals surface area contributed by atoms with E-state index in [1.165, 1.54) is 0 Å². The van der Waals surface area contributed by atoms with Gasteiger partial charge in [-0.3, -0.25) is 4.79 Å². The summed E-state index contributed by atoms with van der Waals surface area (Å²) < 4.78 is 0. The molecule has 90 valence electrons. The van der Waals surface area contributed by atoms with Crippen LogP contribution in [0.15, 0.2) is 18.2 Å². The van der Waals surface area contributed by atoms with Gasteiger partial charge in [0.25, 0.3) is 0 Å². The van der Waals surface area contributed by atoms with Crippen LogP contribution in [0.3, 0.4) is 0 Å². The number of rotatable bonds is 3. The van der Waals surface area contributed by atoms with Crippen molar-refractivity contribution in [3.63, 3.8) is 0 Å². The Morgan fingerprint density at radius 2 is 2.12 bits per heavy atom. The molecule has 0 atom stereocenters. The Morgan fingerprint density at radius 1 is 1.41 bits per heavy atom. The highest BCUT2D eigenvalue weighted by Gasteiger charge is 2.10. The quantitative estimate of drug-likeness (QED) is 0.864. The number of nitrogens with one attached hydrogen (secondary N) is 1. The number of nitrogens with two attached hydrogens (primary N) is 1. The average Bonchev–Trinajstić information content (AvgIpc) is 2.59. The zero-order valence-corrected chi connectivity index (χ0v) is 10.6. The van der Waals surface area contributed by atoms with E-state index in [2.05, 4.69) is 18.8 Å². The Kier molecular flexibility index (Phi) is 3.11. The van der Waals surface area contributed by atoms with Gasteiger partial charge in [0.2, 0.25) is 5.91 Å². The first-order valence-electron chi connectivity index (χ1n) is 5.58. The fourth-order valence-corrected chi connectivity index (χ4v) is 2.22. The first-order chi connectivity index (χ1) is 7.97. The molecule has 1 aromatic carbocycles. The third-order valence-electron chi connectivity index (χ3n) is 2.65. The van der Waals surface area contributed by atoms with Crippen molar-refractivity contribution in [1.29, 1.82) is 0 Å². The van der Waals surface area contributed by atoms with Crippen LogP contribution in [-0.4, -0.2) is 10.9 Å². The molecule has 4 heteroatoms. The Hall–Kier alpha value is -1.48. The van der Waals surface area contributed by atoms with Crippen molar-refractivity contribution in [1.82, 2.24) is 4.98 Å². The summed E-state index contributed by atoms with van der Waals surface area (Å²) >= 11 is 6.12. The number of carbonyl (C=O) groups is 1. The van der Waals surface area contributed by atoms with Crippen molar-refractivity contribution in [3.05, 3.63) is 34.5 Å². The first-order valence-corrected chi connectivity index (χ1v) is 5.96. The Labute approximate surface area is 105 Å². The molecule has 2 aromatic rings. The van der Waals surface area contributed by atoms with Crippen LogP contribution in [0.25, 0.3) is 10.9 Å². The number of aromatic amines is 1. The van der Waals surface area contributed by atoms with E-state index in [0.717, 1.165) is 23.0 Å². The van der Waals surface area contributed by atoms with Crippen molar-refractivity contribution < 1.29 is 4.79 Å². The lowest BCUT2D eigenvalue weighted by Crippen LogP contribution is -2.10. The summed E-state index contributed by atoms with van der Waals surface area (Å²) in [5.41, 5.74) is 7.69. The molecule has 1 aromatic heterocycles. The van der Waals surface area contributed by atoms with Crippen LogP contribution in [-0.2, 0) is 6.42 Å². The lowest BCUT2D eigenvalue weighted by Gasteiger charge is -2.00. The standard InChI is InChI=1S/C13H15ClN2O/c1-7(2)3-10-5-8-4-9(13(15)17)6-11(14)12(8)16-10/h4-7,16H,3H2,1-2H3,(H2,15,17). The van der Waals surface area contributed by atoms with Crippen molar-refractivity contribution >= 4 is 28.4 Å². The summed E-state index contributed by atoms with van der Waals surface area (Å²) in [6.07, 6.45) is 0.955. The molecule has 0 saturated carbocycles. The van der Waals surface area contributed by atoms with Crippen molar-refractivity contribution in [2.45, 2.75) is 20.3 Å². The van der Waals surface area contributed by atoms with Gasteiger partial charge >= 0.3 is 0 Å². The normalized spacial score (nSPS) is 11.3. The monoisotopic (exact) mass is 250 g/mol. The predicted molar refractivity (Wildman–Crippen MR) is 70.4 cm³/mol. The number of benzene rings is 1. The van der Waals surface area contributed by atoms with E-state index in [0.29, 0.717) is 16.5 Å². The molecule has 0 saturated heterocycles. The third kappa shape index (κ3) is 2.44. The summed E-state index contributed by atoms with van der Waals surface area (Å²) in [6.45, 7) is 4.31. The minimum Gasteiger partial charge on any atom is -0.366 e. The largest absolute Gasteiger partial charge is 0.366 e. The molecule has 0 aliphatic carbocycles. The Morgan fingerprint density at radius 3 is 2.71 bits per heavy atom. The number of aromatic nitrogens is 1. The molecule has 3 nitrogen and oxygen atoms in total. The Bertz CT molecular complexity index is 572. The van der Waals surface area contributed by atoms with E-state index in [1.807, 2.05) is 6.07 Å². The molecule has 0 aliphatic heterocycles. The summed E-state index contributed by atoms with van der Waals surface area (Å²) in [5, 5.41) is 1.47. The number of primary amides is 1. The smallest absolute Gasteiger partial charge is 0.248 e. The molecule has 17 heavy (non-hydrogen) atoms. The average molecular weight is 251 g/mol. The van der Waals surface area contributed by atoms with Crippen LogP contribution in [0.5, 0.6) is 0 Å². The van der Waals surface area contributed by atoms with Crippen LogP contribution in [0, 0.1) is 5.92 Å². The van der Waals surface area contributed by atoms with E-state index in [1.54, 1.807) is 12.1 Å². The second-order valence-electron chi connectivity index (χ2n) is 4.68. The van der Waals surface area contributed by atoms with Crippen LogP contribution in [0.4, 0.5) is 0 Å². The molecule has 0 radical (unpaired) electrons. The second-order valence-corrected chi connectivity index (χ2v) is 5.09. The molecular formula is C13H15ClN2O. The summed E-state index contributed by atoms with van der Waals surface area (Å²) in [5.74, 6) is 0.109. The van der Waals surface area contributed by atoms with Gasteiger partial charge in [0.05, 0.1) is 10.5 Å². The molecule has 0 bridgehead atoms. The van der Waals surface area contributed by atoms with Crippen LogP contribution in [0.1, 0.15) is 29.9 Å². The van der Waals surface area contributed by atoms with E-state index >= 15 is 0 Å². The number of halogens is 1. The lowest BCUT2D eigenvalue weighted by atomic mass is 10.1. The van der Waals surface area contributed by atoms with Gasteiger partial charge in [-0.2, -0.15) is 0 Å². The molecule has 0 fully saturated rings. The highest BCUT2D eigenvalue weighted by molar-refractivity contribution is 6.35. The van der Waals surface area contributed by atoms with E-state index in [-0.39, 0.29) is 0 Å². The number of carbonyl (C=O) groups excluding carboxylic acids is 1. The maximum absolute atomic E-state index is 11.1. The molecule has 1 heterocycles. The highest BCUT2D eigenvalue weighted by Crippen LogP contribution is 2.26. The molecule has 0 spiro atoms. The zero-order valence-electron chi connectivity index (χ0n) is 9.88. The van der Waals surface area contributed by atoms with Gasteiger partial charge < -0.3 is 10.7 Å². The molecule has 2 rings (SSSR count). The molecule has 0 aliphatic rings. The molecule has 0 unspecified atom stereocenters. The third-order valence-corrected chi connectivity index (χ3v) is 2.95. The number of H-pyrrole nitrogens is 1. The van der Waals surface area contributed by atoms with E-state index < -0.39 is 5.91 Å². The second kappa shape index (κ2) is 4.41. The Balaban J connectivity index is 2.52. The van der Waals surface area contributed by atoms with E-state index in [9.17, 15) is 4.79 Å². The van der Waals surface area contributed by atoms with Crippen molar-refractivity contribution in [2.24, 2.45) is 11.7 Å². The summed E-state index contributed by atoms with van der Waals surface area (Å²) in [6, 6.07) is 5.39. The number of hydrogen-bond acceptors (Lipinski definition) is 1. The van der Waals surface area contributed by atoms with Gasteiger partial charge in [-0.15, -0.1) is 0 Å². The van der Waals surface area contributed by atoms with Crippen molar-refractivity contribution in [3.8, 4) is 0 Å². The molecule has 1 amide bonds. The predicted octanol–water partition coefficient (Wildman–Crippen LogP) is 3.12. The number of hydrogen-bond donors (Lipinski definition) is 2. The van der Waals surface area contributed by atoms with Crippen LogP contribution >= 0.6 is 11.6 Å². The SMILES string of the molecule is CC(C)Cc1cc2cc(C(N)=O)cc(Cl)c2[nH]1. The van der Waals surface area contributed by atoms with Gasteiger partial charge in [0, 0.05) is 16.6 Å². The van der Waals surface area contributed by atoms with E-state index in [4.69, 9.17) is 17.3 Å². The fourth-order valence-electron chi connectivity index (χ4n) is 1.95. The highest BCUT2D eigenvalue weighted by atomic mass is 35.5. The molecule has 3 N–H and O–H groups in total. The van der Waals surface area contributed by atoms with Gasteiger partial charge in [0.1, 0.15) is 0 Å². The van der Waals surface area contributed by atoms with Crippen LogP contribution in [0.2, 0.25) is 5.02 Å². The van der Waals surface area contributed by atoms with Gasteiger partial charge in [0.15, 0.2) is 0 Å². The minimum atomic E-state index is -0.458. The van der Waals surface area contributed by atoms with Crippen molar-refractivity contribution in [2.75, 3.05) is 0 Å². The van der Waals surface area contributed by atoms with Gasteiger partial charge in [-0.1, -0.05) is 25.4 Å². The minimum absolute atomic E-state index is 0.442. The fraction of sp³-hybridized carbons (Fsp3) is 0.308. The number of amides is 1. The lowest BCUT2D eigenvalue weighted by molar-refractivity contribution is 0.100. The summed E-state index contributed by atoms with van der Waals surface area (Å²) in [7, 11) is 0. The summed E-state index contributed by atoms with van der Waals surface area (Å²) in [4.78, 5) is 14.4. The maximum atomic E-state index is 11.1. The molecular weight excluding hydrogens is 236 g/mol. The van der Waals surface area contributed by atoms with Gasteiger partial charge in [-0.25, -0.2) is 0 Å². The van der Waals surface area contributed by atoms with Gasteiger partial charge in [-0.05, 0) is 30.5 Å².